The van der Waals surface area contributed by atoms with Crippen LogP contribution in [0.4, 0.5) is 0 Å². The van der Waals surface area contributed by atoms with Gasteiger partial charge in [0.25, 0.3) is 11.8 Å². The molecule has 2 aromatic heterocycles. The molecule has 4 fully saturated rings. The Balaban J connectivity index is 0.000000213. The van der Waals surface area contributed by atoms with Crippen molar-refractivity contribution >= 4 is 11.8 Å². The molecule has 4 aliphatic heterocycles. The number of hydrogen-bond donors (Lipinski definition) is 12. The van der Waals surface area contributed by atoms with Crippen LogP contribution in [-0.2, 0) is 38.5 Å². The van der Waals surface area contributed by atoms with Crippen molar-refractivity contribution in [1.29, 1.82) is 0 Å². The minimum absolute atomic E-state index is 0.00924. The summed E-state index contributed by atoms with van der Waals surface area (Å²) < 4.78 is 39.9. The first kappa shape index (κ1) is 67.5. The van der Waals surface area contributed by atoms with Crippen LogP contribution in [0.5, 0.6) is 17.2 Å². The van der Waals surface area contributed by atoms with E-state index in [1.54, 1.807) is 25.1 Å². The lowest BCUT2D eigenvalue weighted by Gasteiger charge is -2.40. The average Bonchev–Trinajstić information content (AvgIpc) is 1.55. The highest BCUT2D eigenvalue weighted by atomic mass is 16.7. The van der Waals surface area contributed by atoms with Crippen LogP contribution in [0.2, 0.25) is 0 Å². The summed E-state index contributed by atoms with van der Waals surface area (Å²) in [7, 11) is 0. The Morgan fingerprint density at radius 1 is 0.567 bits per heavy atom. The molecular formula is C65H84N6O19. The van der Waals surface area contributed by atoms with Crippen molar-refractivity contribution in [1.82, 2.24) is 30.7 Å². The molecule has 4 saturated heterocycles. The SMILES string of the molecule is CCNC(=O)c1noc(-c2cc(C(C)C)c(C[C@@H]3O[C@H](CO)[C@H](O)[C@H](O)[C@H]3O)cc2O)c1-c1ccc(CN2CCOCC2)cc1.CCNC(=O)c1noc(-c2cc(C(C)C)c(O)cc2O[C@@H]2O[C@H](CO)[C@H](O)[C@H](O)[C@H]2O)c1-c1ccc(CN2CCOCC2)cc1. The number of morpholine rings is 2. The normalized spacial score (nSPS) is 24.2. The van der Waals surface area contributed by atoms with Crippen molar-refractivity contribution in [2.45, 2.75) is 134 Å². The summed E-state index contributed by atoms with van der Waals surface area (Å²) in [5, 5.41) is 118. The van der Waals surface area contributed by atoms with Crippen LogP contribution in [0, 0.1) is 0 Å². The minimum atomic E-state index is -1.69. The minimum Gasteiger partial charge on any atom is -0.508 e. The monoisotopic (exact) mass is 1250 g/mol. The second-order valence-electron chi connectivity index (χ2n) is 23.5. The van der Waals surface area contributed by atoms with Crippen molar-refractivity contribution in [2.24, 2.45) is 0 Å². The standard InChI is InChI=1S/C33H43N3O9.C32H41N3O10/c1-4-34-33(42)28-27(20-7-5-19(6-8-20)16-36-9-11-43-12-10-36)32(45-35-28)23-15-22(18(2)3)21(13-24(23)38)14-25-29(39)31(41)30(40)26(17-37)44-25;1-4-33-31(41)26-25(19-7-5-18(6-8-19)15-35-9-11-42-12-10-35)30(45-34-26)21-13-20(17(2)3)22(37)14-23(21)43-32-29(40)28(39)27(38)24(16-36)44-32/h5-8,13,15,18,25-26,29-31,37-41H,4,9-12,14,16-17H2,1-3H3,(H,34,42);5-8,13-14,17,24,27-29,32,36-40H,4,9-12,15-16H2,1-3H3,(H,33,41)/t25-,26+,29-,30-,31+;24-,27+,28+,29-,32-/m01/s1. The average molecular weight is 1250 g/mol. The Hall–Kier alpha value is -6.92. The van der Waals surface area contributed by atoms with Crippen LogP contribution >= 0.6 is 0 Å². The zero-order valence-corrected chi connectivity index (χ0v) is 51.4. The number of hydrogen-bond acceptors (Lipinski definition) is 23. The van der Waals surface area contributed by atoms with E-state index < -0.39 is 86.3 Å². The summed E-state index contributed by atoms with van der Waals surface area (Å²) in [4.78, 5) is 30.9. The number of phenols is 2. The second-order valence-corrected chi connectivity index (χ2v) is 23.5. The molecule has 0 saturated carbocycles. The molecule has 0 aliphatic carbocycles. The van der Waals surface area contributed by atoms with E-state index in [0.717, 1.165) is 56.0 Å². The molecule has 10 rings (SSSR count). The third kappa shape index (κ3) is 15.2. The molecule has 0 spiro atoms. The highest BCUT2D eigenvalue weighted by Crippen LogP contribution is 2.46. The zero-order chi connectivity index (χ0) is 64.5. The van der Waals surface area contributed by atoms with E-state index in [0.29, 0.717) is 84.0 Å². The molecule has 10 atom stereocenters. The zero-order valence-electron chi connectivity index (χ0n) is 51.4. The molecule has 4 aliphatic rings. The molecule has 6 heterocycles. The summed E-state index contributed by atoms with van der Waals surface area (Å²) >= 11 is 0. The lowest BCUT2D eigenvalue weighted by molar-refractivity contribution is -0.277. The van der Waals surface area contributed by atoms with E-state index in [1.165, 1.54) is 6.07 Å². The molecule has 25 nitrogen and oxygen atoms in total. The predicted molar refractivity (Wildman–Crippen MR) is 326 cm³/mol. The quantitative estimate of drug-likeness (QED) is 0.0521. The Morgan fingerprint density at radius 3 is 1.48 bits per heavy atom. The van der Waals surface area contributed by atoms with Crippen molar-refractivity contribution in [2.75, 3.05) is 78.9 Å². The van der Waals surface area contributed by atoms with Gasteiger partial charge in [-0.3, -0.25) is 19.4 Å². The number of benzene rings is 4. The molecule has 0 radical (unpaired) electrons. The van der Waals surface area contributed by atoms with Gasteiger partial charge in [0.1, 0.15) is 66.1 Å². The van der Waals surface area contributed by atoms with Gasteiger partial charge >= 0.3 is 0 Å². The Kier molecular flexibility index (Phi) is 22.8. The number of nitrogens with zero attached hydrogens (tertiary/aromatic N) is 4. The highest BCUT2D eigenvalue weighted by Gasteiger charge is 2.46. The van der Waals surface area contributed by atoms with E-state index in [1.807, 2.05) is 83.1 Å². The number of aliphatic hydroxyl groups is 8. The Morgan fingerprint density at radius 2 is 1.01 bits per heavy atom. The van der Waals surface area contributed by atoms with Gasteiger partial charge in [-0.1, -0.05) is 86.5 Å². The van der Waals surface area contributed by atoms with E-state index in [4.69, 9.17) is 32.7 Å². The van der Waals surface area contributed by atoms with Gasteiger partial charge in [0.15, 0.2) is 22.9 Å². The van der Waals surface area contributed by atoms with E-state index in [-0.39, 0.29) is 58.4 Å². The Bertz CT molecular complexity index is 3340. The smallest absolute Gasteiger partial charge is 0.274 e. The molecule has 90 heavy (non-hydrogen) atoms. The number of nitrogens with one attached hydrogen (secondary N) is 2. The van der Waals surface area contributed by atoms with Crippen molar-refractivity contribution in [3.8, 4) is 62.1 Å². The number of amides is 2. The number of carbonyl (C=O) groups is 2. The summed E-state index contributed by atoms with van der Waals surface area (Å²) in [6.07, 6.45) is -13.9. The van der Waals surface area contributed by atoms with Crippen molar-refractivity contribution < 1.29 is 93.4 Å². The van der Waals surface area contributed by atoms with Gasteiger partial charge in [-0.05, 0) is 82.8 Å². The number of phenolic OH excluding ortho intramolecular Hbond substituents is 2. The third-order valence-electron chi connectivity index (χ3n) is 16.6. The second kappa shape index (κ2) is 30.5. The number of ether oxygens (including phenoxy) is 5. The van der Waals surface area contributed by atoms with Crippen LogP contribution in [0.1, 0.15) is 102 Å². The van der Waals surface area contributed by atoms with E-state index in [2.05, 4.69) is 30.7 Å². The number of rotatable bonds is 20. The summed E-state index contributed by atoms with van der Waals surface area (Å²) in [6, 6.07) is 21.9. The van der Waals surface area contributed by atoms with Gasteiger partial charge in [0, 0.05) is 64.8 Å². The molecule has 2 amide bonds. The van der Waals surface area contributed by atoms with Crippen LogP contribution < -0.4 is 15.4 Å². The molecule has 0 unspecified atom stereocenters. The summed E-state index contributed by atoms with van der Waals surface area (Å²) in [6.45, 7) is 18.7. The fraction of sp³-hybridized carbons (Fsp3) is 0.508. The van der Waals surface area contributed by atoms with Gasteiger partial charge in [-0.15, -0.1) is 0 Å². The van der Waals surface area contributed by atoms with Crippen LogP contribution in [0.3, 0.4) is 0 Å². The maximum absolute atomic E-state index is 13.2. The van der Waals surface area contributed by atoms with Gasteiger partial charge in [-0.25, -0.2) is 0 Å². The first-order valence-electron chi connectivity index (χ1n) is 30.6. The lowest BCUT2D eigenvalue weighted by Crippen LogP contribution is -2.60. The van der Waals surface area contributed by atoms with Crippen LogP contribution in [-0.4, -0.2) is 223 Å². The molecule has 4 aromatic carbocycles. The molecule has 25 heteroatoms. The van der Waals surface area contributed by atoms with Gasteiger partial charge < -0.3 is 94.4 Å². The molecular weight excluding hydrogens is 1170 g/mol. The maximum atomic E-state index is 13.2. The number of aliphatic hydroxyl groups excluding tert-OH is 8. The third-order valence-corrected chi connectivity index (χ3v) is 16.6. The van der Waals surface area contributed by atoms with Gasteiger partial charge in [0.2, 0.25) is 6.29 Å². The number of carbonyl (C=O) groups excluding carboxylic acids is 2. The van der Waals surface area contributed by atoms with Crippen LogP contribution in [0.25, 0.3) is 44.9 Å². The Labute approximate surface area is 521 Å². The number of aromatic hydroxyl groups is 2. The largest absolute Gasteiger partial charge is 0.508 e. The molecule has 488 valence electrons. The highest BCUT2D eigenvalue weighted by molar-refractivity contribution is 6.03. The maximum Gasteiger partial charge on any atom is 0.274 e. The molecule has 0 bridgehead atoms. The molecule has 6 aromatic rings. The first-order chi connectivity index (χ1) is 43.2. The van der Waals surface area contributed by atoms with E-state index in [9.17, 15) is 60.7 Å². The molecule has 12 N–H and O–H groups in total. The van der Waals surface area contributed by atoms with Crippen molar-refractivity contribution in [3.05, 3.63) is 112 Å². The summed E-state index contributed by atoms with van der Waals surface area (Å²) in [5.41, 5.74) is 7.17. The summed E-state index contributed by atoms with van der Waals surface area (Å²) in [5.74, 6) is -0.869. The fourth-order valence-electron chi connectivity index (χ4n) is 11.6. The lowest BCUT2D eigenvalue weighted by atomic mass is 9.86. The first-order valence-corrected chi connectivity index (χ1v) is 30.6. The fourth-order valence-corrected chi connectivity index (χ4v) is 11.6. The van der Waals surface area contributed by atoms with Gasteiger partial charge in [-0.2, -0.15) is 0 Å². The predicted octanol–water partition coefficient (Wildman–Crippen LogP) is 3.40. The van der Waals surface area contributed by atoms with Crippen molar-refractivity contribution in [3.63, 3.8) is 0 Å². The van der Waals surface area contributed by atoms with Gasteiger partial charge in [0.05, 0.1) is 68.0 Å². The topological polar surface area (TPSA) is 365 Å². The number of aromatic nitrogens is 2. The van der Waals surface area contributed by atoms with E-state index >= 15 is 0 Å². The van der Waals surface area contributed by atoms with Crippen LogP contribution in [0.15, 0.2) is 81.8 Å².